The third-order valence-electron chi connectivity index (χ3n) is 5.18. The van der Waals surface area contributed by atoms with E-state index in [9.17, 15) is 23.1 Å². The van der Waals surface area contributed by atoms with Crippen LogP contribution in [0.1, 0.15) is 24.9 Å². The second-order valence-corrected chi connectivity index (χ2v) is 8.04. The second-order valence-electron chi connectivity index (χ2n) is 7.60. The van der Waals surface area contributed by atoms with E-state index >= 15 is 0 Å². The molecule has 1 aliphatic heterocycles. The Morgan fingerprint density at radius 2 is 2.12 bits per heavy atom. The van der Waals surface area contributed by atoms with Crippen LogP contribution in [0, 0.1) is 5.92 Å². The molecule has 1 aliphatic carbocycles. The average molecular weight is 468 g/mol. The number of fused-ring (bicyclic) bond motifs is 1. The number of alkyl halides is 3. The van der Waals surface area contributed by atoms with Crippen LogP contribution in [0.2, 0.25) is 5.02 Å². The third kappa shape index (κ3) is 4.49. The Morgan fingerprint density at radius 1 is 1.41 bits per heavy atom. The maximum absolute atomic E-state index is 14.3. The quantitative estimate of drug-likeness (QED) is 0.541. The molecule has 3 rings (SSSR count). The minimum absolute atomic E-state index is 0.0225. The molecule has 1 aromatic carbocycles. The highest BCUT2D eigenvalue weighted by molar-refractivity contribution is 6.30. The SMILES string of the molecule is C=C(C)CC(O)(C(NC1=CC=CC2C(=O)N=NC=C12)c1ccc(Cl)cc1OC)C(F)(F)F. The average Bonchev–Trinajstić information content (AvgIpc) is 2.71. The Morgan fingerprint density at radius 3 is 2.75 bits per heavy atom. The van der Waals surface area contributed by atoms with Crippen LogP contribution in [0.3, 0.4) is 0 Å². The molecule has 6 nitrogen and oxygen atoms in total. The lowest BCUT2D eigenvalue weighted by Gasteiger charge is -2.40. The monoisotopic (exact) mass is 467 g/mol. The minimum Gasteiger partial charge on any atom is -0.496 e. The number of nitrogens with zero attached hydrogens (tertiary/aromatic N) is 2. The molecule has 3 unspecified atom stereocenters. The van der Waals surface area contributed by atoms with Crippen molar-refractivity contribution in [3.63, 3.8) is 0 Å². The topological polar surface area (TPSA) is 83.3 Å². The fourth-order valence-electron chi connectivity index (χ4n) is 3.70. The lowest BCUT2D eigenvalue weighted by atomic mass is 9.81. The van der Waals surface area contributed by atoms with Crippen molar-refractivity contribution in [2.45, 2.75) is 31.2 Å². The minimum atomic E-state index is -5.05. The molecule has 0 saturated heterocycles. The largest absolute Gasteiger partial charge is 0.496 e. The van der Waals surface area contributed by atoms with Crippen molar-refractivity contribution in [1.29, 1.82) is 0 Å². The Bertz CT molecular complexity index is 1060. The van der Waals surface area contributed by atoms with Gasteiger partial charge in [0.25, 0.3) is 5.91 Å². The zero-order valence-corrected chi connectivity index (χ0v) is 18.0. The molecule has 0 saturated carbocycles. The fourth-order valence-corrected chi connectivity index (χ4v) is 3.86. The Hall–Kier alpha value is -2.91. The number of aliphatic hydroxyl groups is 1. The number of hydrogen-bond donors (Lipinski definition) is 2. The summed E-state index contributed by atoms with van der Waals surface area (Å²) in [7, 11) is 1.29. The summed E-state index contributed by atoms with van der Waals surface area (Å²) in [6.07, 6.45) is 0.0859. The molecule has 0 aromatic heterocycles. The zero-order chi connectivity index (χ0) is 23.7. The molecule has 1 aromatic rings. The van der Waals surface area contributed by atoms with Gasteiger partial charge in [-0.2, -0.15) is 18.3 Å². The van der Waals surface area contributed by atoms with Crippen molar-refractivity contribution < 1.29 is 27.8 Å². The van der Waals surface area contributed by atoms with Crippen LogP contribution in [0.15, 0.2) is 76.3 Å². The van der Waals surface area contributed by atoms with Crippen LogP contribution < -0.4 is 10.1 Å². The van der Waals surface area contributed by atoms with Crippen molar-refractivity contribution in [2.75, 3.05) is 7.11 Å². The molecule has 0 spiro atoms. The van der Waals surface area contributed by atoms with Gasteiger partial charge in [-0.25, -0.2) is 0 Å². The number of halogens is 4. The summed E-state index contributed by atoms with van der Waals surface area (Å²) in [5, 5.41) is 21.2. The number of ether oxygens (including phenoxy) is 1. The molecule has 0 bridgehead atoms. The Labute approximate surface area is 187 Å². The Balaban J connectivity index is 2.17. The van der Waals surface area contributed by atoms with Gasteiger partial charge in [-0.1, -0.05) is 35.4 Å². The predicted octanol–water partition coefficient (Wildman–Crippen LogP) is 5.19. The summed E-state index contributed by atoms with van der Waals surface area (Å²) in [6, 6.07) is 2.38. The number of carbonyl (C=O) groups excluding carboxylic acids is 1. The van der Waals surface area contributed by atoms with Gasteiger partial charge in [-0.3, -0.25) is 4.79 Å². The summed E-state index contributed by atoms with van der Waals surface area (Å²) in [5.74, 6) is -1.27. The molecule has 1 amide bonds. The highest BCUT2D eigenvalue weighted by Crippen LogP contribution is 2.47. The predicted molar refractivity (Wildman–Crippen MR) is 113 cm³/mol. The molecule has 2 aliphatic rings. The van der Waals surface area contributed by atoms with E-state index in [1.807, 2.05) is 0 Å². The number of azo groups is 1. The maximum atomic E-state index is 14.3. The van der Waals surface area contributed by atoms with Crippen LogP contribution in [0.4, 0.5) is 13.2 Å². The van der Waals surface area contributed by atoms with E-state index in [1.165, 1.54) is 50.6 Å². The number of allylic oxidation sites excluding steroid dienone is 3. The maximum Gasteiger partial charge on any atom is 0.419 e. The van der Waals surface area contributed by atoms with Gasteiger partial charge in [0.15, 0.2) is 5.60 Å². The smallest absolute Gasteiger partial charge is 0.419 e. The molecule has 1 heterocycles. The van der Waals surface area contributed by atoms with Crippen molar-refractivity contribution in [3.05, 3.63) is 76.6 Å². The summed E-state index contributed by atoms with van der Waals surface area (Å²) in [5.41, 5.74) is -2.59. The number of carbonyl (C=O) groups is 1. The summed E-state index contributed by atoms with van der Waals surface area (Å²) in [4.78, 5) is 12.1. The molecular weight excluding hydrogens is 447 g/mol. The van der Waals surface area contributed by atoms with Gasteiger partial charge in [-0.05, 0) is 25.1 Å². The van der Waals surface area contributed by atoms with Gasteiger partial charge in [0.1, 0.15) is 5.75 Å². The zero-order valence-electron chi connectivity index (χ0n) is 17.3. The first kappa shape index (κ1) is 23.7. The van der Waals surface area contributed by atoms with E-state index in [4.69, 9.17) is 16.3 Å². The van der Waals surface area contributed by atoms with E-state index in [0.29, 0.717) is 5.57 Å². The van der Waals surface area contributed by atoms with Gasteiger partial charge in [0.2, 0.25) is 0 Å². The van der Waals surface area contributed by atoms with Crippen LogP contribution in [-0.2, 0) is 4.79 Å². The fraction of sp³-hybridized carbons (Fsp3) is 0.318. The number of rotatable bonds is 7. The molecule has 3 atom stereocenters. The van der Waals surface area contributed by atoms with E-state index in [-0.39, 0.29) is 27.6 Å². The van der Waals surface area contributed by atoms with E-state index in [1.54, 1.807) is 6.08 Å². The van der Waals surface area contributed by atoms with Gasteiger partial charge in [-0.15, -0.1) is 11.7 Å². The number of hydrogen-bond acceptors (Lipinski definition) is 5. The molecule has 170 valence electrons. The summed E-state index contributed by atoms with van der Waals surface area (Å²) >= 11 is 6.00. The molecule has 0 fully saturated rings. The number of amides is 1. The van der Waals surface area contributed by atoms with Crippen LogP contribution >= 0.6 is 11.6 Å². The first-order chi connectivity index (χ1) is 15.0. The second kappa shape index (κ2) is 8.91. The van der Waals surface area contributed by atoms with Crippen LogP contribution in [-0.4, -0.2) is 29.9 Å². The van der Waals surface area contributed by atoms with Gasteiger partial charge in [0.05, 0.1) is 25.3 Å². The van der Waals surface area contributed by atoms with Gasteiger partial charge in [0, 0.05) is 28.3 Å². The number of benzene rings is 1. The molecule has 10 heteroatoms. The number of methoxy groups -OCH3 is 1. The lowest BCUT2D eigenvalue weighted by Crippen LogP contribution is -2.55. The lowest BCUT2D eigenvalue weighted by molar-refractivity contribution is -0.271. The van der Waals surface area contributed by atoms with Gasteiger partial charge < -0.3 is 15.2 Å². The Kier molecular flexibility index (Phi) is 6.61. The summed E-state index contributed by atoms with van der Waals surface area (Å²) in [6.45, 7) is 4.96. The van der Waals surface area contributed by atoms with E-state index in [2.05, 4.69) is 22.1 Å². The third-order valence-corrected chi connectivity index (χ3v) is 5.41. The first-order valence-electron chi connectivity index (χ1n) is 9.55. The van der Waals surface area contributed by atoms with Crippen molar-refractivity contribution in [2.24, 2.45) is 16.1 Å². The molecule has 2 N–H and O–H groups in total. The van der Waals surface area contributed by atoms with Crippen molar-refractivity contribution >= 4 is 17.5 Å². The first-order valence-corrected chi connectivity index (χ1v) is 9.93. The standard InChI is InChI=1S/C22H21ClF3N3O3/c1-12(2)10-21(31,22(24,25)26)19(15-8-7-13(23)9-18(15)32-3)28-17-6-4-5-14-16(17)11-27-29-20(14)30/h4-9,11,14,19,28,31H,1,10H2,2-3H3. The molecular formula is C22H21ClF3N3O3. The highest BCUT2D eigenvalue weighted by atomic mass is 35.5. The van der Waals surface area contributed by atoms with Crippen molar-refractivity contribution in [1.82, 2.24) is 5.32 Å². The number of nitrogens with one attached hydrogen (secondary N) is 1. The van der Waals surface area contributed by atoms with E-state index in [0.717, 1.165) is 0 Å². The summed E-state index contributed by atoms with van der Waals surface area (Å²) < 4.78 is 48.3. The van der Waals surface area contributed by atoms with Gasteiger partial charge >= 0.3 is 6.18 Å². The van der Waals surface area contributed by atoms with Crippen LogP contribution in [0.5, 0.6) is 5.75 Å². The van der Waals surface area contributed by atoms with Crippen LogP contribution in [0.25, 0.3) is 0 Å². The van der Waals surface area contributed by atoms with Crippen molar-refractivity contribution in [3.8, 4) is 5.75 Å². The molecule has 0 radical (unpaired) electrons. The highest BCUT2D eigenvalue weighted by Gasteiger charge is 2.59. The van der Waals surface area contributed by atoms with E-state index < -0.39 is 36.1 Å². The molecule has 32 heavy (non-hydrogen) atoms. The normalized spacial score (nSPS) is 20.6.